The Balaban J connectivity index is 2.40. The van der Waals surface area contributed by atoms with Gasteiger partial charge in [0.1, 0.15) is 10.7 Å². The first-order valence-electron chi connectivity index (χ1n) is 6.36. The van der Waals surface area contributed by atoms with Crippen molar-refractivity contribution in [2.45, 2.75) is 30.2 Å². The van der Waals surface area contributed by atoms with Crippen molar-refractivity contribution >= 4 is 15.8 Å². The summed E-state index contributed by atoms with van der Waals surface area (Å²) in [5.74, 6) is 0.338. The Labute approximate surface area is 113 Å². The molecule has 1 aliphatic rings. The highest BCUT2D eigenvalue weighted by Gasteiger charge is 2.34. The van der Waals surface area contributed by atoms with E-state index in [1.54, 1.807) is 19.3 Å². The highest BCUT2D eigenvalue weighted by atomic mass is 32.2. The number of aliphatic hydroxyl groups is 1. The number of nitrogens with one attached hydrogen (secondary N) is 1. The lowest BCUT2D eigenvalue weighted by atomic mass is 10.1. The maximum atomic E-state index is 12.7. The number of aromatic nitrogens is 1. The van der Waals surface area contributed by atoms with Gasteiger partial charge in [-0.3, -0.25) is 0 Å². The fraction of sp³-hybridized carbons (Fsp3) is 0.583. The summed E-state index contributed by atoms with van der Waals surface area (Å²) in [6, 6.07) is 2.81. The van der Waals surface area contributed by atoms with Crippen molar-refractivity contribution < 1.29 is 13.5 Å². The molecule has 0 aromatic carbocycles. The van der Waals surface area contributed by atoms with Gasteiger partial charge in [0, 0.05) is 25.8 Å². The summed E-state index contributed by atoms with van der Waals surface area (Å²) < 4.78 is 26.7. The molecule has 19 heavy (non-hydrogen) atoms. The van der Waals surface area contributed by atoms with Crippen LogP contribution < -0.4 is 5.32 Å². The van der Waals surface area contributed by atoms with Crippen LogP contribution in [-0.4, -0.2) is 49.1 Å². The topological polar surface area (TPSA) is 82.5 Å². The van der Waals surface area contributed by atoms with Gasteiger partial charge >= 0.3 is 0 Å². The minimum atomic E-state index is -3.62. The Morgan fingerprint density at radius 1 is 1.53 bits per heavy atom. The van der Waals surface area contributed by atoms with Crippen LogP contribution in [0.15, 0.2) is 23.2 Å². The Morgan fingerprint density at radius 2 is 2.32 bits per heavy atom. The molecule has 2 heterocycles. The molecule has 2 rings (SSSR count). The molecule has 1 saturated heterocycles. The van der Waals surface area contributed by atoms with Gasteiger partial charge in [-0.15, -0.1) is 0 Å². The molecule has 0 bridgehead atoms. The summed E-state index contributed by atoms with van der Waals surface area (Å²) in [6.45, 7) is 0.306. The molecule has 0 amide bonds. The lowest BCUT2D eigenvalue weighted by Gasteiger charge is -2.33. The SMILES string of the molecule is CNc1ncccc1S(=O)(=O)N1CCCCC1CO. The Bertz CT molecular complexity index is 533. The summed E-state index contributed by atoms with van der Waals surface area (Å²) >= 11 is 0. The van der Waals surface area contributed by atoms with Gasteiger partial charge in [-0.25, -0.2) is 13.4 Å². The molecule has 1 aromatic heterocycles. The summed E-state index contributed by atoms with van der Waals surface area (Å²) in [7, 11) is -1.98. The standard InChI is InChI=1S/C12H19N3O3S/c1-13-12-11(6-4-7-14-12)19(17,18)15-8-3-2-5-10(15)9-16/h4,6-7,10,16H,2-3,5,8-9H2,1H3,(H,13,14). The predicted octanol–water partition coefficient (Wildman–Crippen LogP) is 0.659. The van der Waals surface area contributed by atoms with E-state index in [0.29, 0.717) is 18.8 Å². The third-order valence-corrected chi connectivity index (χ3v) is 5.36. The van der Waals surface area contributed by atoms with Gasteiger partial charge in [0.2, 0.25) is 10.0 Å². The first kappa shape index (κ1) is 14.2. The monoisotopic (exact) mass is 285 g/mol. The Kier molecular flexibility index (Phi) is 4.38. The molecular formula is C12H19N3O3S. The van der Waals surface area contributed by atoms with Crippen molar-refractivity contribution in [3.63, 3.8) is 0 Å². The first-order chi connectivity index (χ1) is 9.11. The third kappa shape index (κ3) is 2.72. The molecule has 1 unspecified atom stereocenters. The molecule has 0 saturated carbocycles. The van der Waals surface area contributed by atoms with E-state index in [2.05, 4.69) is 10.3 Å². The van der Waals surface area contributed by atoms with Crippen LogP contribution in [0.5, 0.6) is 0 Å². The van der Waals surface area contributed by atoms with E-state index in [1.807, 2.05) is 0 Å². The number of hydrogen-bond acceptors (Lipinski definition) is 5. The number of aliphatic hydroxyl groups excluding tert-OH is 1. The summed E-state index contributed by atoms with van der Waals surface area (Å²) in [5, 5.41) is 12.2. The van der Waals surface area contributed by atoms with Crippen molar-refractivity contribution in [2.75, 3.05) is 25.5 Å². The zero-order chi connectivity index (χ0) is 13.9. The van der Waals surface area contributed by atoms with Crippen molar-refractivity contribution in [3.8, 4) is 0 Å². The number of rotatable bonds is 4. The van der Waals surface area contributed by atoms with E-state index < -0.39 is 10.0 Å². The second-order valence-corrected chi connectivity index (χ2v) is 6.41. The van der Waals surface area contributed by atoms with Crippen LogP contribution in [0.4, 0.5) is 5.82 Å². The number of hydrogen-bond donors (Lipinski definition) is 2. The summed E-state index contributed by atoms with van der Waals surface area (Å²) in [6.07, 6.45) is 4.02. The lowest BCUT2D eigenvalue weighted by molar-refractivity contribution is 0.155. The fourth-order valence-corrected chi connectivity index (χ4v) is 4.22. The van der Waals surface area contributed by atoms with Crippen LogP contribution in [0.3, 0.4) is 0 Å². The average Bonchev–Trinajstić information content (AvgIpc) is 2.47. The minimum Gasteiger partial charge on any atom is -0.395 e. The average molecular weight is 285 g/mol. The van der Waals surface area contributed by atoms with E-state index >= 15 is 0 Å². The van der Waals surface area contributed by atoms with Gasteiger partial charge in [-0.2, -0.15) is 4.31 Å². The molecule has 1 aliphatic heterocycles. The maximum Gasteiger partial charge on any atom is 0.247 e. The molecule has 0 aliphatic carbocycles. The van der Waals surface area contributed by atoms with Gasteiger partial charge in [0.15, 0.2) is 0 Å². The zero-order valence-corrected chi connectivity index (χ0v) is 11.7. The molecule has 1 aromatic rings. The van der Waals surface area contributed by atoms with Crippen molar-refractivity contribution in [1.29, 1.82) is 0 Å². The number of nitrogens with zero attached hydrogens (tertiary/aromatic N) is 2. The Hall–Kier alpha value is -1.18. The molecule has 1 atom stereocenters. The number of anilines is 1. The quantitative estimate of drug-likeness (QED) is 0.849. The first-order valence-corrected chi connectivity index (χ1v) is 7.80. The largest absolute Gasteiger partial charge is 0.395 e. The van der Waals surface area contributed by atoms with Crippen LogP contribution in [0.1, 0.15) is 19.3 Å². The van der Waals surface area contributed by atoms with Crippen LogP contribution in [0, 0.1) is 0 Å². The van der Waals surface area contributed by atoms with Gasteiger partial charge in [-0.1, -0.05) is 6.42 Å². The van der Waals surface area contributed by atoms with E-state index in [1.165, 1.54) is 10.4 Å². The van der Waals surface area contributed by atoms with Crippen LogP contribution in [-0.2, 0) is 10.0 Å². The Morgan fingerprint density at radius 3 is 3.00 bits per heavy atom. The molecule has 106 valence electrons. The summed E-state index contributed by atoms with van der Waals surface area (Å²) in [5.41, 5.74) is 0. The smallest absolute Gasteiger partial charge is 0.247 e. The van der Waals surface area contributed by atoms with E-state index in [4.69, 9.17) is 0 Å². The second-order valence-electron chi connectivity index (χ2n) is 4.55. The fourth-order valence-electron chi connectivity index (χ4n) is 2.39. The number of piperidine rings is 1. The van der Waals surface area contributed by atoms with E-state index in [0.717, 1.165) is 12.8 Å². The van der Waals surface area contributed by atoms with Crippen molar-refractivity contribution in [1.82, 2.24) is 9.29 Å². The predicted molar refractivity (Wildman–Crippen MR) is 72.4 cm³/mol. The molecule has 1 fully saturated rings. The molecule has 0 spiro atoms. The minimum absolute atomic E-state index is 0.144. The molecule has 0 radical (unpaired) electrons. The second kappa shape index (κ2) is 5.85. The van der Waals surface area contributed by atoms with Gasteiger partial charge in [0.05, 0.1) is 6.61 Å². The number of pyridine rings is 1. The molecule has 2 N–H and O–H groups in total. The van der Waals surface area contributed by atoms with E-state index in [9.17, 15) is 13.5 Å². The van der Waals surface area contributed by atoms with E-state index in [-0.39, 0.29) is 17.5 Å². The summed E-state index contributed by atoms with van der Waals surface area (Å²) in [4.78, 5) is 4.19. The van der Waals surface area contributed by atoms with Gasteiger partial charge in [-0.05, 0) is 25.0 Å². The van der Waals surface area contributed by atoms with Crippen molar-refractivity contribution in [3.05, 3.63) is 18.3 Å². The van der Waals surface area contributed by atoms with Crippen LogP contribution in [0.2, 0.25) is 0 Å². The van der Waals surface area contributed by atoms with Crippen LogP contribution >= 0.6 is 0 Å². The normalized spacial score (nSPS) is 21.3. The molecular weight excluding hydrogens is 266 g/mol. The van der Waals surface area contributed by atoms with Crippen LogP contribution in [0.25, 0.3) is 0 Å². The highest BCUT2D eigenvalue weighted by molar-refractivity contribution is 7.89. The lowest BCUT2D eigenvalue weighted by Crippen LogP contribution is -2.45. The molecule has 6 nitrogen and oxygen atoms in total. The highest BCUT2D eigenvalue weighted by Crippen LogP contribution is 2.28. The van der Waals surface area contributed by atoms with Crippen molar-refractivity contribution in [2.24, 2.45) is 0 Å². The number of sulfonamides is 1. The third-order valence-electron chi connectivity index (χ3n) is 3.38. The van der Waals surface area contributed by atoms with Gasteiger partial charge in [0.25, 0.3) is 0 Å². The zero-order valence-electron chi connectivity index (χ0n) is 10.9. The van der Waals surface area contributed by atoms with Gasteiger partial charge < -0.3 is 10.4 Å². The molecule has 7 heteroatoms. The maximum absolute atomic E-state index is 12.7.